The number of nitrogens with zero attached hydrogens (tertiary/aromatic N) is 4. The number of ether oxygens (including phenoxy) is 1. The summed E-state index contributed by atoms with van der Waals surface area (Å²) < 4.78 is 44.5. The summed E-state index contributed by atoms with van der Waals surface area (Å²) in [5.74, 6) is -1.31. The van der Waals surface area contributed by atoms with E-state index >= 15 is 0 Å². The van der Waals surface area contributed by atoms with Gasteiger partial charge in [0.25, 0.3) is 11.8 Å². The van der Waals surface area contributed by atoms with Gasteiger partial charge in [0.2, 0.25) is 0 Å². The summed E-state index contributed by atoms with van der Waals surface area (Å²) in [5.41, 5.74) is 2.68. The molecule has 0 aliphatic rings. The number of alkyl halides is 3. The summed E-state index contributed by atoms with van der Waals surface area (Å²) in [7, 11) is 0. The maximum absolute atomic E-state index is 13.0. The molecule has 0 atom stereocenters. The zero-order valence-corrected chi connectivity index (χ0v) is 20.7. The molecule has 2 aromatic carbocycles. The lowest BCUT2D eigenvalue weighted by Gasteiger charge is -2.11. The van der Waals surface area contributed by atoms with Gasteiger partial charge in [0.05, 0.1) is 18.9 Å². The van der Waals surface area contributed by atoms with Crippen molar-refractivity contribution in [1.82, 2.24) is 30.6 Å². The fourth-order valence-corrected chi connectivity index (χ4v) is 3.63. The lowest BCUT2D eigenvalue weighted by molar-refractivity contribution is -0.123. The first-order chi connectivity index (χ1) is 18.8. The van der Waals surface area contributed by atoms with E-state index in [9.17, 15) is 22.8 Å². The van der Waals surface area contributed by atoms with Crippen LogP contribution in [0, 0.1) is 0 Å². The highest BCUT2D eigenvalue weighted by atomic mass is 19.4. The third kappa shape index (κ3) is 7.95. The van der Waals surface area contributed by atoms with Gasteiger partial charge in [0.1, 0.15) is 12.2 Å². The molecule has 2 aromatic heterocycles. The van der Waals surface area contributed by atoms with Crippen LogP contribution in [0.15, 0.2) is 79.0 Å². The fraction of sp³-hybridized carbons (Fsp3) is 0.222. The maximum atomic E-state index is 13.0. The minimum Gasteiger partial charge on any atom is -0.370 e. The Labute approximate surface area is 222 Å². The van der Waals surface area contributed by atoms with Crippen LogP contribution in [-0.4, -0.2) is 51.1 Å². The van der Waals surface area contributed by atoms with Gasteiger partial charge in [-0.25, -0.2) is 4.68 Å². The zero-order valence-electron chi connectivity index (χ0n) is 20.7. The van der Waals surface area contributed by atoms with E-state index in [4.69, 9.17) is 4.74 Å². The Morgan fingerprint density at radius 1 is 0.872 bits per heavy atom. The Hall–Kier alpha value is -4.58. The van der Waals surface area contributed by atoms with Gasteiger partial charge in [-0.15, -0.1) is 5.10 Å². The molecule has 2 N–H and O–H groups in total. The lowest BCUT2D eigenvalue weighted by Crippen LogP contribution is -2.33. The standard InChI is InChI=1S/C27H25F3N6O3/c28-27(29,30)18-33-25(37)20-9-11-22(12-10-20)36-23(17-39-16-19-6-2-1-3-7-19)24(34-35-36)26(38)32-15-13-21-8-4-5-14-31-21/h1-12,14H,13,15-18H2,(H,32,38)(H,33,37). The Morgan fingerprint density at radius 3 is 2.31 bits per heavy atom. The highest BCUT2D eigenvalue weighted by molar-refractivity contribution is 5.94. The molecule has 2 amide bonds. The van der Waals surface area contributed by atoms with E-state index < -0.39 is 24.5 Å². The molecule has 9 nitrogen and oxygen atoms in total. The molecule has 0 fully saturated rings. The quantitative estimate of drug-likeness (QED) is 0.302. The highest BCUT2D eigenvalue weighted by Gasteiger charge is 2.28. The lowest BCUT2D eigenvalue weighted by atomic mass is 10.2. The normalized spacial score (nSPS) is 11.3. The number of carbonyl (C=O) groups is 2. The predicted octanol–water partition coefficient (Wildman–Crippen LogP) is 3.64. The first-order valence-electron chi connectivity index (χ1n) is 12.0. The number of aromatic nitrogens is 4. The Kier molecular flexibility index (Phi) is 9.00. The molecule has 12 heteroatoms. The van der Waals surface area contributed by atoms with E-state index in [1.807, 2.05) is 53.8 Å². The van der Waals surface area contributed by atoms with Gasteiger partial charge in [-0.3, -0.25) is 14.6 Å². The average molecular weight is 539 g/mol. The molecule has 0 radical (unpaired) electrons. The smallest absolute Gasteiger partial charge is 0.370 e. The largest absolute Gasteiger partial charge is 0.405 e. The Morgan fingerprint density at radius 2 is 1.62 bits per heavy atom. The van der Waals surface area contributed by atoms with Crippen molar-refractivity contribution in [2.24, 2.45) is 0 Å². The molecule has 39 heavy (non-hydrogen) atoms. The number of hydrogen-bond acceptors (Lipinski definition) is 6. The van der Waals surface area contributed by atoms with Crippen LogP contribution in [0.2, 0.25) is 0 Å². The minimum atomic E-state index is -4.51. The average Bonchev–Trinajstić information content (AvgIpc) is 3.36. The van der Waals surface area contributed by atoms with Crippen LogP contribution in [-0.2, 0) is 24.4 Å². The van der Waals surface area contributed by atoms with Crippen LogP contribution >= 0.6 is 0 Å². The molecule has 2 heterocycles. The van der Waals surface area contributed by atoms with Crippen molar-refractivity contribution in [3.05, 3.63) is 107 Å². The van der Waals surface area contributed by atoms with Crippen LogP contribution in [0.3, 0.4) is 0 Å². The van der Waals surface area contributed by atoms with Crippen molar-refractivity contribution in [3.63, 3.8) is 0 Å². The second kappa shape index (κ2) is 12.8. The van der Waals surface area contributed by atoms with Crippen molar-refractivity contribution in [2.45, 2.75) is 25.8 Å². The van der Waals surface area contributed by atoms with Gasteiger partial charge < -0.3 is 15.4 Å². The number of benzene rings is 2. The Bertz CT molecular complexity index is 1380. The molecular formula is C27H25F3N6O3. The molecule has 0 saturated heterocycles. The first-order valence-corrected chi connectivity index (χ1v) is 12.0. The maximum Gasteiger partial charge on any atom is 0.405 e. The van der Waals surface area contributed by atoms with E-state index in [-0.39, 0.29) is 24.5 Å². The molecule has 0 saturated carbocycles. The SMILES string of the molecule is O=C(NCC(F)(F)F)c1ccc(-n2nnc(C(=O)NCCc3ccccn3)c2COCc2ccccc2)cc1. The third-order valence-electron chi connectivity index (χ3n) is 5.54. The molecule has 0 aliphatic heterocycles. The molecule has 4 rings (SSSR count). The highest BCUT2D eigenvalue weighted by Crippen LogP contribution is 2.17. The van der Waals surface area contributed by atoms with Gasteiger partial charge in [-0.05, 0) is 42.0 Å². The molecule has 202 valence electrons. The number of pyridine rings is 1. The van der Waals surface area contributed by atoms with E-state index in [2.05, 4.69) is 20.6 Å². The van der Waals surface area contributed by atoms with Crippen LogP contribution in [0.1, 0.15) is 37.8 Å². The van der Waals surface area contributed by atoms with Gasteiger partial charge >= 0.3 is 6.18 Å². The van der Waals surface area contributed by atoms with E-state index in [1.54, 1.807) is 6.20 Å². The molecule has 0 aliphatic carbocycles. The van der Waals surface area contributed by atoms with E-state index in [0.717, 1.165) is 11.3 Å². The van der Waals surface area contributed by atoms with Crippen molar-refractivity contribution in [1.29, 1.82) is 0 Å². The number of amides is 2. The van der Waals surface area contributed by atoms with Crippen molar-refractivity contribution in [3.8, 4) is 5.69 Å². The van der Waals surface area contributed by atoms with Gasteiger partial charge in [0.15, 0.2) is 5.69 Å². The molecular weight excluding hydrogens is 513 g/mol. The minimum absolute atomic E-state index is 0.00128. The summed E-state index contributed by atoms with van der Waals surface area (Å²) in [6.45, 7) is -0.823. The third-order valence-corrected chi connectivity index (χ3v) is 5.54. The van der Waals surface area contributed by atoms with Crippen LogP contribution in [0.4, 0.5) is 13.2 Å². The summed E-state index contributed by atoms with van der Waals surface area (Å²) >= 11 is 0. The summed E-state index contributed by atoms with van der Waals surface area (Å²) in [4.78, 5) is 29.3. The summed E-state index contributed by atoms with van der Waals surface area (Å²) in [5, 5.41) is 12.8. The second-order valence-corrected chi connectivity index (χ2v) is 8.45. The number of nitrogens with one attached hydrogen (secondary N) is 2. The molecule has 0 spiro atoms. The zero-order chi connectivity index (χ0) is 27.7. The number of rotatable bonds is 11. The molecule has 0 bridgehead atoms. The summed E-state index contributed by atoms with van der Waals surface area (Å²) in [6, 6.07) is 20.7. The Balaban J connectivity index is 1.50. The van der Waals surface area contributed by atoms with Crippen molar-refractivity contribution in [2.75, 3.05) is 13.1 Å². The predicted molar refractivity (Wildman–Crippen MR) is 135 cm³/mol. The summed E-state index contributed by atoms with van der Waals surface area (Å²) in [6.07, 6.45) is -2.31. The van der Waals surface area contributed by atoms with E-state index in [1.165, 1.54) is 28.9 Å². The molecule has 4 aromatic rings. The second-order valence-electron chi connectivity index (χ2n) is 8.45. The fourth-order valence-electron chi connectivity index (χ4n) is 3.63. The number of hydrogen-bond donors (Lipinski definition) is 2. The van der Waals surface area contributed by atoms with Crippen LogP contribution < -0.4 is 10.6 Å². The molecule has 0 unspecified atom stereocenters. The first kappa shape index (κ1) is 27.5. The van der Waals surface area contributed by atoms with E-state index in [0.29, 0.717) is 24.3 Å². The topological polar surface area (TPSA) is 111 Å². The van der Waals surface area contributed by atoms with Gasteiger partial charge in [0, 0.05) is 30.4 Å². The van der Waals surface area contributed by atoms with Crippen molar-refractivity contribution >= 4 is 11.8 Å². The van der Waals surface area contributed by atoms with Crippen LogP contribution in [0.25, 0.3) is 5.69 Å². The van der Waals surface area contributed by atoms with Crippen LogP contribution in [0.5, 0.6) is 0 Å². The monoisotopic (exact) mass is 538 g/mol. The number of carbonyl (C=O) groups excluding carboxylic acids is 2. The van der Waals surface area contributed by atoms with Crippen molar-refractivity contribution < 1.29 is 27.5 Å². The van der Waals surface area contributed by atoms with Gasteiger partial charge in [-0.1, -0.05) is 41.6 Å². The van der Waals surface area contributed by atoms with Gasteiger partial charge in [-0.2, -0.15) is 13.2 Å². The number of halogens is 3.